The first-order chi connectivity index (χ1) is 15.1. The highest BCUT2D eigenvalue weighted by Crippen LogP contribution is 2.36. The Morgan fingerprint density at radius 2 is 1.41 bits per heavy atom. The third kappa shape index (κ3) is 5.69. The first-order valence-electron chi connectivity index (χ1n) is 10.1. The summed E-state index contributed by atoms with van der Waals surface area (Å²) in [4.78, 5) is 12.4. The molecular formula is C25H24Br2O4S. The summed E-state index contributed by atoms with van der Waals surface area (Å²) < 4.78 is 30.9. The van der Waals surface area contributed by atoms with E-state index in [4.69, 9.17) is 4.18 Å². The minimum atomic E-state index is -4.08. The number of Topliss-reactive ketones (excluding diaryl/α,β-unsaturated/α-hetero) is 1. The van der Waals surface area contributed by atoms with Crippen LogP contribution < -0.4 is 4.18 Å². The molecule has 3 aromatic carbocycles. The molecule has 0 aliphatic heterocycles. The third-order valence-electron chi connectivity index (χ3n) is 5.09. The molecule has 0 bridgehead atoms. The lowest BCUT2D eigenvalue weighted by Gasteiger charge is -2.18. The molecule has 0 radical (unpaired) electrons. The molecular weight excluding hydrogens is 556 g/mol. The van der Waals surface area contributed by atoms with Crippen LogP contribution in [-0.4, -0.2) is 19.0 Å². The van der Waals surface area contributed by atoms with Gasteiger partial charge in [0.25, 0.3) is 0 Å². The van der Waals surface area contributed by atoms with E-state index in [1.165, 1.54) is 23.8 Å². The molecule has 0 saturated heterocycles. The second-order valence-electron chi connectivity index (χ2n) is 7.84. The van der Waals surface area contributed by atoms with Gasteiger partial charge in [-0.3, -0.25) is 4.79 Å². The SMILES string of the molecule is Cc1ccc(S(=O)(=O)Oc2ccccc2C(=O)[C@H](Br)[C@H](Br)c2ccc(C(C)C)cc2)cc1. The summed E-state index contributed by atoms with van der Waals surface area (Å²) >= 11 is 7.11. The van der Waals surface area contributed by atoms with Crippen LogP contribution in [0.3, 0.4) is 0 Å². The fourth-order valence-corrected chi connectivity index (χ4v) is 5.17. The van der Waals surface area contributed by atoms with Crippen LogP contribution in [0.25, 0.3) is 0 Å². The van der Waals surface area contributed by atoms with Crippen LogP contribution in [-0.2, 0) is 10.1 Å². The van der Waals surface area contributed by atoms with Gasteiger partial charge in [0.05, 0.1) is 15.2 Å². The summed E-state index contributed by atoms with van der Waals surface area (Å²) in [7, 11) is -4.08. The van der Waals surface area contributed by atoms with E-state index < -0.39 is 14.9 Å². The normalized spacial score (nSPS) is 13.6. The molecule has 0 heterocycles. The Labute approximate surface area is 206 Å². The van der Waals surface area contributed by atoms with Gasteiger partial charge in [0.1, 0.15) is 4.90 Å². The lowest BCUT2D eigenvalue weighted by atomic mass is 9.98. The molecule has 168 valence electrons. The molecule has 2 atom stereocenters. The van der Waals surface area contributed by atoms with Crippen molar-refractivity contribution in [1.82, 2.24) is 0 Å². The van der Waals surface area contributed by atoms with Gasteiger partial charge in [0.2, 0.25) is 0 Å². The second-order valence-corrected chi connectivity index (χ2v) is 11.4. The van der Waals surface area contributed by atoms with Crippen molar-refractivity contribution in [2.75, 3.05) is 0 Å². The summed E-state index contributed by atoms with van der Waals surface area (Å²) in [6.45, 7) is 6.12. The summed E-state index contributed by atoms with van der Waals surface area (Å²) in [6.07, 6.45) is 0. The van der Waals surface area contributed by atoms with Crippen molar-refractivity contribution in [1.29, 1.82) is 0 Å². The molecule has 0 aliphatic carbocycles. The van der Waals surface area contributed by atoms with Gasteiger partial charge in [-0.1, -0.05) is 99.8 Å². The van der Waals surface area contributed by atoms with E-state index in [1.54, 1.807) is 30.3 Å². The second kappa shape index (κ2) is 10.3. The number of hydrogen-bond acceptors (Lipinski definition) is 4. The zero-order chi connectivity index (χ0) is 23.5. The van der Waals surface area contributed by atoms with E-state index in [1.807, 2.05) is 31.2 Å². The highest BCUT2D eigenvalue weighted by atomic mass is 79.9. The molecule has 4 nitrogen and oxygen atoms in total. The van der Waals surface area contributed by atoms with Crippen molar-refractivity contribution in [2.24, 2.45) is 0 Å². The largest absolute Gasteiger partial charge is 0.378 e. The van der Waals surface area contributed by atoms with Crippen molar-refractivity contribution in [2.45, 2.75) is 41.2 Å². The fourth-order valence-electron chi connectivity index (χ4n) is 3.13. The van der Waals surface area contributed by atoms with Gasteiger partial charge in [-0.05, 0) is 48.2 Å². The van der Waals surface area contributed by atoms with E-state index in [0.717, 1.165) is 11.1 Å². The fraction of sp³-hybridized carbons (Fsp3) is 0.240. The van der Waals surface area contributed by atoms with Crippen LogP contribution in [0, 0.1) is 6.92 Å². The Kier molecular flexibility index (Phi) is 7.96. The number of carbonyl (C=O) groups is 1. The quantitative estimate of drug-likeness (QED) is 0.164. The van der Waals surface area contributed by atoms with E-state index in [0.29, 0.717) is 5.92 Å². The molecule has 0 saturated carbocycles. The molecule has 0 fully saturated rings. The Balaban J connectivity index is 1.85. The molecule has 3 rings (SSSR count). The number of halogens is 2. The number of hydrogen-bond donors (Lipinski definition) is 0. The lowest BCUT2D eigenvalue weighted by Crippen LogP contribution is -2.21. The van der Waals surface area contributed by atoms with Gasteiger partial charge in [0.15, 0.2) is 11.5 Å². The van der Waals surface area contributed by atoms with Crippen molar-refractivity contribution in [3.8, 4) is 5.75 Å². The molecule has 0 aromatic heterocycles. The van der Waals surface area contributed by atoms with Crippen LogP contribution >= 0.6 is 31.9 Å². The van der Waals surface area contributed by atoms with Crippen LogP contribution in [0.2, 0.25) is 0 Å². The maximum Gasteiger partial charge on any atom is 0.339 e. The predicted octanol–water partition coefficient (Wildman–Crippen LogP) is 6.97. The molecule has 7 heteroatoms. The van der Waals surface area contributed by atoms with Gasteiger partial charge >= 0.3 is 10.1 Å². The zero-order valence-electron chi connectivity index (χ0n) is 18.0. The molecule has 0 spiro atoms. The van der Waals surface area contributed by atoms with Crippen molar-refractivity contribution >= 4 is 47.8 Å². The topological polar surface area (TPSA) is 60.4 Å². The first kappa shape index (κ1) is 24.7. The van der Waals surface area contributed by atoms with Gasteiger partial charge in [-0.15, -0.1) is 0 Å². The highest BCUT2D eigenvalue weighted by molar-refractivity contribution is 9.12. The lowest BCUT2D eigenvalue weighted by molar-refractivity contribution is 0.0989. The number of ketones is 1. The van der Waals surface area contributed by atoms with Crippen molar-refractivity contribution < 1.29 is 17.4 Å². The molecule has 0 aliphatic rings. The molecule has 0 unspecified atom stereocenters. The Morgan fingerprint density at radius 1 is 0.844 bits per heavy atom. The molecule has 3 aromatic rings. The van der Waals surface area contributed by atoms with E-state index in [9.17, 15) is 13.2 Å². The van der Waals surface area contributed by atoms with Crippen LogP contribution in [0.15, 0.2) is 77.7 Å². The van der Waals surface area contributed by atoms with Crippen molar-refractivity contribution in [3.05, 3.63) is 95.1 Å². The monoisotopic (exact) mass is 578 g/mol. The number of para-hydroxylation sites is 1. The average Bonchev–Trinajstić information content (AvgIpc) is 2.78. The smallest absolute Gasteiger partial charge is 0.339 e. The standard InChI is InChI=1S/C25H24Br2O4S/c1-16(2)18-10-12-19(13-11-18)23(26)24(27)25(28)21-6-4-5-7-22(21)31-32(29,30)20-14-8-17(3)9-15-20/h4-16,23-24H,1-3H3/t23-,24-/m1/s1. The van der Waals surface area contributed by atoms with Gasteiger partial charge in [0, 0.05) is 0 Å². The maximum absolute atomic E-state index is 13.3. The number of benzene rings is 3. The predicted molar refractivity (Wildman–Crippen MR) is 135 cm³/mol. The average molecular weight is 580 g/mol. The van der Waals surface area contributed by atoms with Crippen LogP contribution in [0.5, 0.6) is 5.75 Å². The minimum absolute atomic E-state index is 0.00243. The summed E-state index contributed by atoms with van der Waals surface area (Å²) in [5, 5.41) is 0. The number of carbonyl (C=O) groups excluding carboxylic acids is 1. The minimum Gasteiger partial charge on any atom is -0.378 e. The molecule has 32 heavy (non-hydrogen) atoms. The van der Waals surface area contributed by atoms with E-state index >= 15 is 0 Å². The van der Waals surface area contributed by atoms with E-state index in [2.05, 4.69) is 45.7 Å². The first-order valence-corrected chi connectivity index (χ1v) is 13.4. The Morgan fingerprint density at radius 3 is 2.00 bits per heavy atom. The van der Waals surface area contributed by atoms with E-state index in [-0.39, 0.29) is 26.8 Å². The van der Waals surface area contributed by atoms with Gasteiger partial charge in [-0.25, -0.2) is 0 Å². The van der Waals surface area contributed by atoms with Crippen LogP contribution in [0.4, 0.5) is 0 Å². The molecule has 0 amide bonds. The number of aryl methyl sites for hydroxylation is 1. The summed E-state index contributed by atoms with van der Waals surface area (Å²) in [5.41, 5.74) is 3.28. The zero-order valence-corrected chi connectivity index (χ0v) is 21.9. The Hall–Kier alpha value is -1.96. The Bertz CT molecular complexity index is 1190. The van der Waals surface area contributed by atoms with Crippen LogP contribution in [0.1, 0.15) is 51.6 Å². The van der Waals surface area contributed by atoms with Gasteiger partial charge < -0.3 is 4.18 Å². The maximum atomic E-state index is 13.3. The number of alkyl halides is 2. The molecule has 0 N–H and O–H groups in total. The summed E-state index contributed by atoms with van der Waals surface area (Å²) in [6, 6.07) is 20.8. The highest BCUT2D eigenvalue weighted by Gasteiger charge is 2.29. The van der Waals surface area contributed by atoms with Crippen molar-refractivity contribution in [3.63, 3.8) is 0 Å². The van der Waals surface area contributed by atoms with Gasteiger partial charge in [-0.2, -0.15) is 8.42 Å². The third-order valence-corrected chi connectivity index (χ3v) is 9.05. The number of rotatable bonds is 8. The summed E-state index contributed by atoms with van der Waals surface area (Å²) in [5.74, 6) is 0.130.